The van der Waals surface area contributed by atoms with Crippen LogP contribution in [-0.4, -0.2) is 49.7 Å². The van der Waals surface area contributed by atoms with Gasteiger partial charge in [0, 0.05) is 42.2 Å². The molecule has 1 aliphatic rings. The summed E-state index contributed by atoms with van der Waals surface area (Å²) in [6.07, 6.45) is 1.66. The van der Waals surface area contributed by atoms with Gasteiger partial charge in [0.1, 0.15) is 5.82 Å². The van der Waals surface area contributed by atoms with Crippen LogP contribution in [-0.2, 0) is 22.5 Å². The molecule has 0 aliphatic carbocycles. The zero-order chi connectivity index (χ0) is 23.5. The van der Waals surface area contributed by atoms with Crippen molar-refractivity contribution in [2.24, 2.45) is 0 Å². The lowest BCUT2D eigenvalue weighted by atomic mass is 10.1. The van der Waals surface area contributed by atoms with E-state index in [0.29, 0.717) is 13.2 Å². The maximum Gasteiger partial charge on any atom is 0.245 e. The molecule has 1 atom stereocenters. The normalized spacial score (nSPS) is 14.9. The molecule has 9 nitrogen and oxygen atoms in total. The molecule has 3 heterocycles. The lowest BCUT2D eigenvalue weighted by Crippen LogP contribution is -2.36. The van der Waals surface area contributed by atoms with Gasteiger partial charge in [0.2, 0.25) is 5.95 Å². The van der Waals surface area contributed by atoms with E-state index in [2.05, 4.69) is 25.0 Å². The van der Waals surface area contributed by atoms with E-state index in [1.165, 1.54) is 6.07 Å². The molecule has 0 spiro atoms. The van der Waals surface area contributed by atoms with E-state index in [4.69, 9.17) is 4.74 Å². The topological polar surface area (TPSA) is 107 Å². The molecule has 1 unspecified atom stereocenters. The maximum absolute atomic E-state index is 14.8. The number of ether oxygens (including phenoxy) is 1. The van der Waals surface area contributed by atoms with Crippen molar-refractivity contribution in [1.29, 1.82) is 0 Å². The minimum absolute atomic E-state index is 0.189. The second kappa shape index (κ2) is 9.85. The minimum Gasteiger partial charge on any atom is -0.760 e. The Bertz CT molecular complexity index is 1340. The number of nitrogens with zero attached hydrogens (tertiary/aromatic N) is 4. The highest BCUT2D eigenvalue weighted by Gasteiger charge is 2.14. The SMILES string of the molecule is O=S([O-])NCc1cccc(-c2ccc3cnc(Nc4ccc(N5CCOCC5)cc4F)nn23)c1. The molecule has 0 bridgehead atoms. The number of morpholine rings is 1. The molecule has 0 amide bonds. The van der Waals surface area contributed by atoms with Gasteiger partial charge >= 0.3 is 0 Å². The molecule has 1 aliphatic heterocycles. The molecule has 0 saturated carbocycles. The highest BCUT2D eigenvalue weighted by molar-refractivity contribution is 7.77. The fourth-order valence-corrected chi connectivity index (χ4v) is 4.19. The predicted octanol–water partition coefficient (Wildman–Crippen LogP) is 3.00. The third kappa shape index (κ3) is 4.92. The van der Waals surface area contributed by atoms with Crippen molar-refractivity contribution in [2.75, 3.05) is 36.5 Å². The first-order chi connectivity index (χ1) is 16.6. The van der Waals surface area contributed by atoms with Crippen LogP contribution in [0.4, 0.5) is 21.7 Å². The van der Waals surface area contributed by atoms with Gasteiger partial charge in [0.15, 0.2) is 0 Å². The van der Waals surface area contributed by atoms with E-state index in [0.717, 1.165) is 41.1 Å². The van der Waals surface area contributed by atoms with Crippen molar-refractivity contribution in [3.05, 3.63) is 72.2 Å². The van der Waals surface area contributed by atoms with Gasteiger partial charge in [-0.1, -0.05) is 18.2 Å². The number of benzene rings is 2. The van der Waals surface area contributed by atoms with E-state index >= 15 is 0 Å². The number of rotatable bonds is 7. The number of fused-ring (bicyclic) bond motifs is 1. The van der Waals surface area contributed by atoms with Crippen molar-refractivity contribution >= 4 is 34.1 Å². The number of aromatic nitrogens is 3. The highest BCUT2D eigenvalue weighted by atomic mass is 32.2. The fourth-order valence-electron chi connectivity index (χ4n) is 3.90. The molecule has 2 aromatic heterocycles. The van der Waals surface area contributed by atoms with Crippen LogP contribution in [0.2, 0.25) is 0 Å². The van der Waals surface area contributed by atoms with Gasteiger partial charge in [-0.15, -0.1) is 5.10 Å². The molecule has 1 saturated heterocycles. The largest absolute Gasteiger partial charge is 0.760 e. The van der Waals surface area contributed by atoms with Crippen LogP contribution in [0.15, 0.2) is 60.8 Å². The fraction of sp³-hybridized carbons (Fsp3) is 0.217. The predicted molar refractivity (Wildman–Crippen MR) is 127 cm³/mol. The van der Waals surface area contributed by atoms with E-state index in [9.17, 15) is 13.2 Å². The number of hydrogen-bond donors (Lipinski definition) is 2. The Morgan fingerprint density at radius 3 is 2.76 bits per heavy atom. The second-order valence-corrected chi connectivity index (χ2v) is 8.54. The Kier molecular flexibility index (Phi) is 6.50. The average molecular weight is 482 g/mol. The Labute approximate surface area is 198 Å². The number of nitrogens with one attached hydrogen (secondary N) is 2. The van der Waals surface area contributed by atoms with Crippen molar-refractivity contribution in [3.63, 3.8) is 0 Å². The van der Waals surface area contributed by atoms with Crippen LogP contribution in [0.1, 0.15) is 5.56 Å². The first kappa shape index (κ1) is 22.4. The smallest absolute Gasteiger partial charge is 0.245 e. The van der Waals surface area contributed by atoms with Crippen molar-refractivity contribution < 1.29 is 17.9 Å². The van der Waals surface area contributed by atoms with E-state index in [1.807, 2.05) is 42.5 Å². The van der Waals surface area contributed by atoms with Crippen LogP contribution in [0.5, 0.6) is 0 Å². The first-order valence-electron chi connectivity index (χ1n) is 10.7. The second-order valence-electron chi connectivity index (χ2n) is 7.78. The summed E-state index contributed by atoms with van der Waals surface area (Å²) in [4.78, 5) is 6.40. The van der Waals surface area contributed by atoms with Crippen molar-refractivity contribution in [2.45, 2.75) is 6.54 Å². The van der Waals surface area contributed by atoms with Gasteiger partial charge in [-0.05, 0) is 42.0 Å². The molecule has 0 radical (unpaired) electrons. The third-order valence-electron chi connectivity index (χ3n) is 5.59. The molecule has 4 aromatic rings. The summed E-state index contributed by atoms with van der Waals surface area (Å²) in [6, 6.07) is 16.3. The zero-order valence-corrected chi connectivity index (χ0v) is 18.9. The Morgan fingerprint density at radius 2 is 1.97 bits per heavy atom. The van der Waals surface area contributed by atoms with Crippen LogP contribution in [0.25, 0.3) is 16.8 Å². The van der Waals surface area contributed by atoms with Crippen LogP contribution >= 0.6 is 0 Å². The molecular weight excluding hydrogens is 459 g/mol. The molecule has 2 aromatic carbocycles. The molecule has 5 rings (SSSR count). The maximum atomic E-state index is 14.8. The molecule has 11 heteroatoms. The summed E-state index contributed by atoms with van der Waals surface area (Å²) in [5.74, 6) is -0.140. The lowest BCUT2D eigenvalue weighted by molar-refractivity contribution is 0.122. The molecule has 1 fully saturated rings. The summed E-state index contributed by atoms with van der Waals surface area (Å²) in [6.45, 7) is 2.91. The summed E-state index contributed by atoms with van der Waals surface area (Å²) in [7, 11) is 0. The zero-order valence-electron chi connectivity index (χ0n) is 18.1. The van der Waals surface area contributed by atoms with Gasteiger partial charge in [-0.2, -0.15) is 0 Å². The minimum atomic E-state index is -2.33. The van der Waals surface area contributed by atoms with Gasteiger partial charge in [0.25, 0.3) is 0 Å². The van der Waals surface area contributed by atoms with E-state index < -0.39 is 17.1 Å². The van der Waals surface area contributed by atoms with Gasteiger partial charge in [-0.25, -0.2) is 18.6 Å². The van der Waals surface area contributed by atoms with Crippen LogP contribution in [0.3, 0.4) is 0 Å². The molecular formula is C23H22FN6O3S-. The molecule has 2 N–H and O–H groups in total. The summed E-state index contributed by atoms with van der Waals surface area (Å²) in [5.41, 5.74) is 4.34. The molecule has 176 valence electrons. The Balaban J connectivity index is 1.39. The summed E-state index contributed by atoms with van der Waals surface area (Å²) >= 11 is -2.33. The highest BCUT2D eigenvalue weighted by Crippen LogP contribution is 2.26. The summed E-state index contributed by atoms with van der Waals surface area (Å²) < 4.78 is 45.9. The van der Waals surface area contributed by atoms with Crippen LogP contribution in [0, 0.1) is 5.82 Å². The number of anilines is 3. The van der Waals surface area contributed by atoms with Gasteiger partial charge < -0.3 is 19.5 Å². The van der Waals surface area contributed by atoms with Crippen molar-refractivity contribution in [3.8, 4) is 11.3 Å². The van der Waals surface area contributed by atoms with E-state index in [1.54, 1.807) is 16.8 Å². The summed E-state index contributed by atoms with van der Waals surface area (Å²) in [5, 5.41) is 7.52. The Hall–Kier alpha value is -3.38. The standard InChI is InChI=1S/C23H23FN6O3S/c24-20-13-18(29-8-10-33-11-9-29)4-6-21(20)27-23-25-15-19-5-7-22(30(19)28-23)17-3-1-2-16(12-17)14-26-34(31)32/h1-7,12-13,15,26H,8-11,14H2,(H,27,28)(H,31,32)/p-1. The Morgan fingerprint density at radius 1 is 1.12 bits per heavy atom. The lowest BCUT2D eigenvalue weighted by Gasteiger charge is -2.29. The quantitative estimate of drug-likeness (QED) is 0.391. The number of hydrogen-bond acceptors (Lipinski definition) is 7. The first-order valence-corrected chi connectivity index (χ1v) is 11.8. The molecule has 34 heavy (non-hydrogen) atoms. The average Bonchev–Trinajstić information content (AvgIpc) is 3.28. The third-order valence-corrected chi connectivity index (χ3v) is 5.97. The van der Waals surface area contributed by atoms with Crippen LogP contribution < -0.4 is 14.9 Å². The monoisotopic (exact) mass is 481 g/mol. The van der Waals surface area contributed by atoms with E-state index in [-0.39, 0.29) is 18.2 Å². The van der Waals surface area contributed by atoms with Gasteiger partial charge in [0.05, 0.1) is 36.3 Å². The van der Waals surface area contributed by atoms with Gasteiger partial charge in [-0.3, -0.25) is 4.21 Å². The van der Waals surface area contributed by atoms with Crippen molar-refractivity contribution in [1.82, 2.24) is 19.3 Å². The number of halogens is 1.